The average molecular weight is 717 g/mol. The van der Waals surface area contributed by atoms with Gasteiger partial charge in [-0.05, 0) is 12.8 Å². The van der Waals surface area contributed by atoms with E-state index in [0.29, 0.717) is 12.8 Å². The number of hydrogen-bond acceptors (Lipinski definition) is 3. The third kappa shape index (κ3) is 41.5. The third-order valence-electron chi connectivity index (χ3n) is 8.20. The van der Waals surface area contributed by atoms with Crippen molar-refractivity contribution in [3.63, 3.8) is 0 Å². The SMILES string of the molecule is CCCCCCCCCCCCCCCCCC(=O)OC(=O)CCCCCCCCCCCCCCCCC.[BaH2].[MgH2]. The molecule has 0 N–H and O–H groups in total. The van der Waals surface area contributed by atoms with Gasteiger partial charge < -0.3 is 4.74 Å². The molecule has 3 nitrogen and oxygen atoms in total. The molecular formula is C36H74BaMgO3. The first-order valence-corrected chi connectivity index (χ1v) is 17.9. The first kappa shape index (κ1) is 46.9. The van der Waals surface area contributed by atoms with Crippen LogP contribution in [0.5, 0.6) is 0 Å². The van der Waals surface area contributed by atoms with Crippen molar-refractivity contribution in [1.82, 2.24) is 0 Å². The molecule has 0 atom stereocenters. The van der Waals surface area contributed by atoms with Crippen LogP contribution >= 0.6 is 0 Å². The fourth-order valence-electron chi connectivity index (χ4n) is 5.51. The molecule has 240 valence electrons. The zero-order chi connectivity index (χ0) is 28.5. The fraction of sp³-hybridized carbons (Fsp3) is 0.944. The second kappa shape index (κ2) is 41.5. The molecule has 0 fully saturated rings. The van der Waals surface area contributed by atoms with Crippen molar-refractivity contribution in [2.75, 3.05) is 0 Å². The summed E-state index contributed by atoms with van der Waals surface area (Å²) < 4.78 is 5.01. The third-order valence-corrected chi connectivity index (χ3v) is 8.20. The molecular weight excluding hydrogens is 642 g/mol. The van der Waals surface area contributed by atoms with Crippen LogP contribution in [0.3, 0.4) is 0 Å². The Morgan fingerprint density at radius 1 is 0.341 bits per heavy atom. The summed E-state index contributed by atoms with van der Waals surface area (Å²) in [6.45, 7) is 4.55. The Morgan fingerprint density at radius 2 is 0.512 bits per heavy atom. The standard InChI is InChI=1S/C36H70O3.Ba.Mg.4H/c1-3-5-7-9-11-13-15-17-19-21-23-25-27-29-31-33-35(37)39-36(38)34-32-30-28-26-24-22-20-18-16-14-12-10-8-6-4-2;;;;;;/h3-34H2,1-2H3;;;;;;. The van der Waals surface area contributed by atoms with E-state index in [1.807, 2.05) is 0 Å². The second-order valence-electron chi connectivity index (χ2n) is 12.2. The Morgan fingerprint density at radius 3 is 0.707 bits per heavy atom. The van der Waals surface area contributed by atoms with Gasteiger partial charge in [0.25, 0.3) is 0 Å². The maximum atomic E-state index is 11.9. The molecule has 0 aliphatic carbocycles. The van der Waals surface area contributed by atoms with E-state index in [9.17, 15) is 9.59 Å². The van der Waals surface area contributed by atoms with Gasteiger partial charge in [0, 0.05) is 12.8 Å². The van der Waals surface area contributed by atoms with Crippen LogP contribution in [0.15, 0.2) is 0 Å². The smallest absolute Gasteiger partial charge is 0.316 e. The topological polar surface area (TPSA) is 43.4 Å². The predicted octanol–water partition coefficient (Wildman–Crippen LogP) is 10.7. The van der Waals surface area contributed by atoms with E-state index in [-0.39, 0.29) is 83.9 Å². The summed E-state index contributed by atoms with van der Waals surface area (Å²) >= 11 is 0. The minimum atomic E-state index is -0.323. The maximum absolute atomic E-state index is 11.9. The normalized spacial score (nSPS) is 10.7. The minimum Gasteiger partial charge on any atom is 0.316 e. The van der Waals surface area contributed by atoms with Crippen LogP contribution in [-0.4, -0.2) is 83.9 Å². The molecule has 0 aromatic rings. The van der Waals surface area contributed by atoms with Gasteiger partial charge in [-0.25, -0.2) is 0 Å². The van der Waals surface area contributed by atoms with Crippen molar-refractivity contribution < 1.29 is 14.3 Å². The van der Waals surface area contributed by atoms with Crippen molar-refractivity contribution in [3.05, 3.63) is 0 Å². The molecule has 0 aromatic heterocycles. The van der Waals surface area contributed by atoms with Gasteiger partial charge in [0.05, 0.1) is 0 Å². The van der Waals surface area contributed by atoms with E-state index in [4.69, 9.17) is 4.74 Å². The van der Waals surface area contributed by atoms with E-state index in [2.05, 4.69) is 13.8 Å². The van der Waals surface area contributed by atoms with E-state index >= 15 is 0 Å². The molecule has 0 aliphatic heterocycles. The van der Waals surface area contributed by atoms with Gasteiger partial charge in [-0.1, -0.05) is 194 Å². The van der Waals surface area contributed by atoms with E-state index in [1.165, 1.54) is 167 Å². The molecule has 0 rings (SSSR count). The Labute approximate surface area is 314 Å². The van der Waals surface area contributed by atoms with Crippen LogP contribution in [-0.2, 0) is 14.3 Å². The summed E-state index contributed by atoms with van der Waals surface area (Å²) in [6, 6.07) is 0. The van der Waals surface area contributed by atoms with Crippen molar-refractivity contribution in [1.29, 1.82) is 0 Å². The molecule has 0 radical (unpaired) electrons. The van der Waals surface area contributed by atoms with Gasteiger partial charge in [0.2, 0.25) is 0 Å². The molecule has 5 heteroatoms. The van der Waals surface area contributed by atoms with Gasteiger partial charge in [-0.15, -0.1) is 0 Å². The van der Waals surface area contributed by atoms with E-state index in [1.54, 1.807) is 0 Å². The molecule has 0 aliphatic rings. The van der Waals surface area contributed by atoms with Crippen molar-refractivity contribution in [2.24, 2.45) is 0 Å². The van der Waals surface area contributed by atoms with Gasteiger partial charge in [-0.3, -0.25) is 9.59 Å². The minimum absolute atomic E-state index is 0. The first-order chi connectivity index (χ1) is 19.2. The summed E-state index contributed by atoms with van der Waals surface area (Å²) in [7, 11) is 0. The Balaban J connectivity index is -0.00000722. The molecule has 41 heavy (non-hydrogen) atoms. The summed E-state index contributed by atoms with van der Waals surface area (Å²) in [5.41, 5.74) is 0. The second-order valence-corrected chi connectivity index (χ2v) is 12.2. The molecule has 0 aromatic carbocycles. The maximum Gasteiger partial charge on any atom is 0.316 e. The number of ether oxygens (including phenoxy) is 1. The number of carbonyl (C=O) groups is 2. The zero-order valence-electron chi connectivity index (χ0n) is 26.9. The summed E-state index contributed by atoms with van der Waals surface area (Å²) in [4.78, 5) is 23.8. The summed E-state index contributed by atoms with van der Waals surface area (Å²) in [5, 5.41) is 0. The number of esters is 2. The quantitative estimate of drug-likeness (QED) is 0.0301. The number of rotatable bonds is 32. The first-order valence-electron chi connectivity index (χ1n) is 17.9. The van der Waals surface area contributed by atoms with Gasteiger partial charge in [0.1, 0.15) is 0 Å². The molecule has 0 spiro atoms. The van der Waals surface area contributed by atoms with Gasteiger partial charge >= 0.3 is 83.9 Å². The van der Waals surface area contributed by atoms with Gasteiger partial charge in [-0.2, -0.15) is 0 Å². The molecule has 0 saturated heterocycles. The summed E-state index contributed by atoms with van der Waals surface area (Å²) in [5.74, 6) is -0.647. The Hall–Kier alpha value is 1.48. The number of carbonyl (C=O) groups excluding carboxylic acids is 2. The van der Waals surface area contributed by atoms with Crippen molar-refractivity contribution in [2.45, 2.75) is 219 Å². The summed E-state index contributed by atoms with van der Waals surface area (Å²) in [6.07, 6.45) is 40.1. The van der Waals surface area contributed by atoms with E-state index < -0.39 is 0 Å². The Bertz CT molecular complexity index is 471. The van der Waals surface area contributed by atoms with Crippen molar-refractivity contribution in [3.8, 4) is 0 Å². The average Bonchev–Trinajstić information content (AvgIpc) is 2.93. The van der Waals surface area contributed by atoms with Crippen LogP contribution in [0.2, 0.25) is 0 Å². The predicted molar refractivity (Wildman–Crippen MR) is 187 cm³/mol. The van der Waals surface area contributed by atoms with Crippen LogP contribution in [0.1, 0.15) is 219 Å². The number of hydrogen-bond donors (Lipinski definition) is 0. The zero-order valence-corrected chi connectivity index (χ0v) is 26.9. The van der Waals surface area contributed by atoms with Crippen LogP contribution < -0.4 is 0 Å². The van der Waals surface area contributed by atoms with Crippen LogP contribution in [0.25, 0.3) is 0 Å². The van der Waals surface area contributed by atoms with Crippen molar-refractivity contribution >= 4 is 83.9 Å². The largest absolute Gasteiger partial charge is 0.316 e. The molecule has 0 saturated carbocycles. The van der Waals surface area contributed by atoms with Crippen LogP contribution in [0.4, 0.5) is 0 Å². The van der Waals surface area contributed by atoms with E-state index in [0.717, 1.165) is 25.7 Å². The monoisotopic (exact) mass is 716 g/mol. The molecule has 0 amide bonds. The molecule has 0 heterocycles. The fourth-order valence-corrected chi connectivity index (χ4v) is 5.51. The number of unbranched alkanes of at least 4 members (excludes halogenated alkanes) is 28. The molecule has 0 bridgehead atoms. The van der Waals surface area contributed by atoms with Crippen LogP contribution in [0, 0.1) is 0 Å². The van der Waals surface area contributed by atoms with Gasteiger partial charge in [0.15, 0.2) is 0 Å². The Kier molecular flexibility index (Phi) is 47.4. The molecule has 0 unspecified atom stereocenters.